The number of benzene rings is 1. The van der Waals surface area contributed by atoms with Crippen LogP contribution in [0.1, 0.15) is 30.6 Å². The van der Waals surface area contributed by atoms with Crippen molar-refractivity contribution in [2.75, 3.05) is 6.54 Å². The molecule has 0 aliphatic heterocycles. The monoisotopic (exact) mass is 331 g/mol. The molecule has 1 N–H and O–H groups in total. The minimum atomic E-state index is -0.138. The molecule has 1 unspecified atom stereocenters. The van der Waals surface area contributed by atoms with E-state index in [1.54, 1.807) is 23.0 Å². The van der Waals surface area contributed by atoms with Gasteiger partial charge in [0.25, 0.3) is 0 Å². The molecule has 2 aromatic rings. The van der Waals surface area contributed by atoms with Gasteiger partial charge in [0.1, 0.15) is 0 Å². The number of nitrogens with zero attached hydrogens (tertiary/aromatic N) is 2. The third kappa shape index (κ3) is 3.29. The molecule has 1 heterocycles. The van der Waals surface area contributed by atoms with E-state index >= 15 is 0 Å². The van der Waals surface area contributed by atoms with Crippen molar-refractivity contribution in [1.82, 2.24) is 15.1 Å². The van der Waals surface area contributed by atoms with Crippen molar-refractivity contribution < 1.29 is 0 Å². The van der Waals surface area contributed by atoms with Crippen molar-refractivity contribution in [3.63, 3.8) is 0 Å². The fraction of sp³-hybridized carbons (Fsp3) is 0.357. The number of nitrogens with one attached hydrogen (secondary N) is 1. The second kappa shape index (κ2) is 6.81. The molecular weight excluding hydrogens is 317 g/mol. The van der Waals surface area contributed by atoms with Gasteiger partial charge in [0.05, 0.1) is 23.0 Å². The highest BCUT2D eigenvalue weighted by atomic mass is 35.5. The number of aromatic nitrogens is 2. The van der Waals surface area contributed by atoms with Crippen molar-refractivity contribution in [1.29, 1.82) is 0 Å². The summed E-state index contributed by atoms with van der Waals surface area (Å²) in [6.07, 6.45) is 2.64. The van der Waals surface area contributed by atoms with Gasteiger partial charge in [-0.05, 0) is 36.7 Å². The first-order valence-electron chi connectivity index (χ1n) is 6.40. The van der Waals surface area contributed by atoms with E-state index in [0.717, 1.165) is 24.2 Å². The molecule has 1 atom stereocenters. The summed E-state index contributed by atoms with van der Waals surface area (Å²) in [5.41, 5.74) is 1.78. The van der Waals surface area contributed by atoms with Crippen LogP contribution in [-0.4, -0.2) is 16.3 Å². The maximum atomic E-state index is 6.32. The molecule has 0 saturated heterocycles. The summed E-state index contributed by atoms with van der Waals surface area (Å²) in [7, 11) is 1.86. The predicted molar refractivity (Wildman–Crippen MR) is 84.8 cm³/mol. The molecule has 0 bridgehead atoms. The quantitative estimate of drug-likeness (QED) is 0.875. The van der Waals surface area contributed by atoms with E-state index in [9.17, 15) is 0 Å². The molecule has 0 amide bonds. The van der Waals surface area contributed by atoms with E-state index in [2.05, 4.69) is 17.3 Å². The van der Waals surface area contributed by atoms with Gasteiger partial charge in [0.15, 0.2) is 0 Å². The maximum absolute atomic E-state index is 6.32. The molecule has 6 heteroatoms. The first-order valence-corrected chi connectivity index (χ1v) is 7.53. The normalized spacial score (nSPS) is 12.7. The van der Waals surface area contributed by atoms with Gasteiger partial charge in [0.2, 0.25) is 0 Å². The Kier molecular flexibility index (Phi) is 5.33. The van der Waals surface area contributed by atoms with Crippen molar-refractivity contribution in [2.24, 2.45) is 7.05 Å². The van der Waals surface area contributed by atoms with Crippen LogP contribution in [0, 0.1) is 0 Å². The molecule has 0 aliphatic rings. The zero-order valence-electron chi connectivity index (χ0n) is 11.3. The Morgan fingerprint density at radius 2 is 2.00 bits per heavy atom. The fourth-order valence-electron chi connectivity index (χ4n) is 2.12. The number of rotatable bonds is 5. The average Bonchev–Trinajstić information content (AvgIpc) is 2.74. The number of aryl methyl sites for hydroxylation is 1. The largest absolute Gasteiger partial charge is 0.305 e. The van der Waals surface area contributed by atoms with Gasteiger partial charge in [0, 0.05) is 17.1 Å². The highest BCUT2D eigenvalue weighted by molar-refractivity contribution is 6.34. The topological polar surface area (TPSA) is 29.9 Å². The second-order valence-electron chi connectivity index (χ2n) is 4.55. The molecule has 20 heavy (non-hydrogen) atoms. The van der Waals surface area contributed by atoms with Crippen molar-refractivity contribution in [3.8, 4) is 0 Å². The van der Waals surface area contributed by atoms with E-state index in [0.29, 0.717) is 15.1 Å². The molecule has 108 valence electrons. The molecule has 1 aromatic carbocycles. The zero-order chi connectivity index (χ0) is 14.7. The summed E-state index contributed by atoms with van der Waals surface area (Å²) in [4.78, 5) is 0. The Morgan fingerprint density at radius 3 is 2.60 bits per heavy atom. The number of hydrogen-bond donors (Lipinski definition) is 1. The van der Waals surface area contributed by atoms with E-state index in [1.165, 1.54) is 0 Å². The first kappa shape index (κ1) is 15.6. The average molecular weight is 333 g/mol. The van der Waals surface area contributed by atoms with Crippen LogP contribution in [0.15, 0.2) is 24.4 Å². The van der Waals surface area contributed by atoms with Gasteiger partial charge < -0.3 is 5.32 Å². The Labute approximate surface area is 133 Å². The summed E-state index contributed by atoms with van der Waals surface area (Å²) < 4.78 is 1.76. The van der Waals surface area contributed by atoms with Crippen LogP contribution in [0.4, 0.5) is 0 Å². The summed E-state index contributed by atoms with van der Waals surface area (Å²) >= 11 is 18.7. The summed E-state index contributed by atoms with van der Waals surface area (Å²) in [5, 5.41) is 9.55. The lowest BCUT2D eigenvalue weighted by atomic mass is 10.0. The number of halogens is 3. The van der Waals surface area contributed by atoms with E-state index < -0.39 is 0 Å². The summed E-state index contributed by atoms with van der Waals surface area (Å²) in [6.45, 7) is 2.95. The van der Waals surface area contributed by atoms with Gasteiger partial charge in [-0.15, -0.1) is 0 Å². The van der Waals surface area contributed by atoms with E-state index in [-0.39, 0.29) is 6.04 Å². The Morgan fingerprint density at radius 1 is 1.25 bits per heavy atom. The molecule has 0 fully saturated rings. The molecule has 0 saturated carbocycles. The molecule has 2 rings (SSSR count). The molecular formula is C14H16Cl3N3. The minimum Gasteiger partial charge on any atom is -0.305 e. The van der Waals surface area contributed by atoms with Crippen LogP contribution in [-0.2, 0) is 7.05 Å². The first-order chi connectivity index (χ1) is 9.54. The van der Waals surface area contributed by atoms with Crippen LogP contribution in [0.3, 0.4) is 0 Å². The number of hydrogen-bond acceptors (Lipinski definition) is 2. The molecule has 0 aliphatic carbocycles. The Balaban J connectivity index is 2.50. The van der Waals surface area contributed by atoms with Crippen molar-refractivity contribution in [2.45, 2.75) is 19.4 Å². The van der Waals surface area contributed by atoms with Crippen LogP contribution in [0.5, 0.6) is 0 Å². The van der Waals surface area contributed by atoms with Gasteiger partial charge >= 0.3 is 0 Å². The molecule has 0 spiro atoms. The lowest BCUT2D eigenvalue weighted by Crippen LogP contribution is -2.26. The van der Waals surface area contributed by atoms with Crippen LogP contribution >= 0.6 is 34.8 Å². The van der Waals surface area contributed by atoms with E-state index in [4.69, 9.17) is 34.8 Å². The fourth-order valence-corrected chi connectivity index (χ4v) is 2.81. The highest BCUT2D eigenvalue weighted by Crippen LogP contribution is 2.33. The second-order valence-corrected chi connectivity index (χ2v) is 5.81. The SMILES string of the molecule is CCCNC(c1cc(Cl)ccc1Cl)c1c(Cl)cnn1C. The summed E-state index contributed by atoms with van der Waals surface area (Å²) in [6, 6.07) is 5.29. The van der Waals surface area contributed by atoms with Crippen LogP contribution in [0.25, 0.3) is 0 Å². The standard InChI is InChI=1S/C14H16Cl3N3/c1-3-6-18-13(14-12(17)8-19-20(14)2)10-7-9(15)4-5-11(10)16/h4-5,7-8,13,18H,3,6H2,1-2H3. The highest BCUT2D eigenvalue weighted by Gasteiger charge is 2.22. The van der Waals surface area contributed by atoms with Gasteiger partial charge in [-0.1, -0.05) is 41.7 Å². The zero-order valence-corrected chi connectivity index (χ0v) is 13.6. The molecule has 0 radical (unpaired) electrons. The molecule has 1 aromatic heterocycles. The lowest BCUT2D eigenvalue weighted by Gasteiger charge is -2.21. The lowest BCUT2D eigenvalue weighted by molar-refractivity contribution is 0.554. The van der Waals surface area contributed by atoms with Crippen LogP contribution < -0.4 is 5.32 Å². The Bertz CT molecular complexity index is 576. The summed E-state index contributed by atoms with van der Waals surface area (Å²) in [5.74, 6) is 0. The van der Waals surface area contributed by atoms with Crippen molar-refractivity contribution >= 4 is 34.8 Å². The maximum Gasteiger partial charge on any atom is 0.0837 e. The smallest absolute Gasteiger partial charge is 0.0837 e. The predicted octanol–water partition coefficient (Wildman–Crippen LogP) is 4.47. The third-order valence-corrected chi connectivity index (χ3v) is 3.95. The van der Waals surface area contributed by atoms with Gasteiger partial charge in [-0.2, -0.15) is 5.10 Å². The van der Waals surface area contributed by atoms with Crippen molar-refractivity contribution in [3.05, 3.63) is 50.7 Å². The van der Waals surface area contributed by atoms with E-state index in [1.807, 2.05) is 13.1 Å². The minimum absolute atomic E-state index is 0.138. The third-order valence-electron chi connectivity index (χ3n) is 3.08. The van der Waals surface area contributed by atoms with Crippen LogP contribution in [0.2, 0.25) is 15.1 Å². The van der Waals surface area contributed by atoms with Gasteiger partial charge in [-0.25, -0.2) is 0 Å². The van der Waals surface area contributed by atoms with Gasteiger partial charge in [-0.3, -0.25) is 4.68 Å². The Hall–Kier alpha value is -0.740. The molecule has 3 nitrogen and oxygen atoms in total.